The molecule has 49 heavy (non-hydrogen) atoms. The van der Waals surface area contributed by atoms with Crippen LogP contribution in [0.2, 0.25) is 5.02 Å². The number of ether oxygens (including phenoxy) is 2. The van der Waals surface area contributed by atoms with Crippen LogP contribution in [-0.2, 0) is 26.6 Å². The summed E-state index contributed by atoms with van der Waals surface area (Å²) >= 11 is 6.46. The summed E-state index contributed by atoms with van der Waals surface area (Å²) in [4.78, 5) is 16.0. The van der Waals surface area contributed by atoms with Crippen LogP contribution >= 0.6 is 11.6 Å². The number of rotatable bonds is 1. The number of fused-ring (bicyclic) bond motifs is 4. The van der Waals surface area contributed by atoms with Crippen molar-refractivity contribution < 1.29 is 22.7 Å². The van der Waals surface area contributed by atoms with Gasteiger partial charge in [0, 0.05) is 54.6 Å². The van der Waals surface area contributed by atoms with Gasteiger partial charge in [-0.05, 0) is 123 Å². The van der Waals surface area contributed by atoms with Crippen molar-refractivity contribution in [1.29, 1.82) is 0 Å². The number of nitrogens with one attached hydrogen (secondary N) is 1. The molecular formula is C40H49ClN2O5S. The predicted octanol–water partition coefficient (Wildman–Crippen LogP) is 7.32. The van der Waals surface area contributed by atoms with Gasteiger partial charge in [0.25, 0.3) is 5.91 Å². The van der Waals surface area contributed by atoms with E-state index < -0.39 is 21.2 Å². The molecule has 2 fully saturated rings. The van der Waals surface area contributed by atoms with Gasteiger partial charge in [0.2, 0.25) is 10.0 Å². The van der Waals surface area contributed by atoms with Gasteiger partial charge < -0.3 is 14.4 Å². The first-order valence-electron chi connectivity index (χ1n) is 18.2. The normalized spacial score (nSPS) is 32.2. The Balaban J connectivity index is 1.26. The van der Waals surface area contributed by atoms with Gasteiger partial charge in [-0.25, -0.2) is 13.1 Å². The minimum atomic E-state index is -3.91. The van der Waals surface area contributed by atoms with Crippen molar-refractivity contribution in [2.24, 2.45) is 29.6 Å². The summed E-state index contributed by atoms with van der Waals surface area (Å²) in [7, 11) is -3.91. The second-order valence-corrected chi connectivity index (χ2v) is 17.7. The van der Waals surface area contributed by atoms with Gasteiger partial charge in [0.05, 0.1) is 17.5 Å². The lowest BCUT2D eigenvalue weighted by Gasteiger charge is -2.45. The molecule has 0 unspecified atom stereocenters. The van der Waals surface area contributed by atoms with Gasteiger partial charge in [-0.2, -0.15) is 0 Å². The second kappa shape index (κ2) is 14.3. The van der Waals surface area contributed by atoms with Gasteiger partial charge in [-0.1, -0.05) is 42.7 Å². The molecule has 262 valence electrons. The highest BCUT2D eigenvalue weighted by Gasteiger charge is 2.44. The van der Waals surface area contributed by atoms with Crippen molar-refractivity contribution in [2.45, 2.75) is 82.3 Å². The van der Waals surface area contributed by atoms with E-state index in [0.717, 1.165) is 94.1 Å². The molecule has 1 amide bonds. The SMILES string of the molecule is C[C@@H]1[C@@H](C)C/C=C/[C@H](C#CCC2CCOCC2)[C@@H]2CC[C@H]2CN2C[C@@]3(CCCc4cc(Cl)ccc43)COc3ccc(cc32)C(=O)NS1(=O)=O. The topological polar surface area (TPSA) is 84.9 Å². The fourth-order valence-corrected chi connectivity index (χ4v) is 10.1. The van der Waals surface area contributed by atoms with E-state index in [0.29, 0.717) is 36.3 Å². The number of anilines is 1. The average Bonchev–Trinajstić information content (AvgIpc) is 3.22. The van der Waals surface area contributed by atoms with Crippen LogP contribution in [0.15, 0.2) is 48.6 Å². The number of sulfonamides is 1. The van der Waals surface area contributed by atoms with Crippen molar-refractivity contribution in [3.05, 3.63) is 70.3 Å². The van der Waals surface area contributed by atoms with E-state index in [9.17, 15) is 13.2 Å². The number of hydrogen-bond acceptors (Lipinski definition) is 6. The molecule has 5 aliphatic rings. The van der Waals surface area contributed by atoms with E-state index in [1.54, 1.807) is 13.0 Å². The second-order valence-electron chi connectivity index (χ2n) is 15.2. The van der Waals surface area contributed by atoms with E-state index in [-0.39, 0.29) is 17.3 Å². The van der Waals surface area contributed by atoms with Crippen molar-refractivity contribution >= 4 is 33.2 Å². The lowest BCUT2D eigenvalue weighted by atomic mass is 9.66. The van der Waals surface area contributed by atoms with E-state index >= 15 is 0 Å². The van der Waals surface area contributed by atoms with Crippen LogP contribution in [0, 0.1) is 41.4 Å². The molecule has 1 saturated carbocycles. The van der Waals surface area contributed by atoms with E-state index in [1.807, 2.05) is 25.1 Å². The number of nitrogens with zero attached hydrogens (tertiary/aromatic N) is 1. The smallest absolute Gasteiger partial charge is 0.264 e. The van der Waals surface area contributed by atoms with Crippen LogP contribution in [-0.4, -0.2) is 52.5 Å². The van der Waals surface area contributed by atoms with Crippen LogP contribution in [0.1, 0.15) is 86.7 Å². The molecule has 0 radical (unpaired) electrons. The minimum Gasteiger partial charge on any atom is -0.490 e. The largest absolute Gasteiger partial charge is 0.490 e. The third-order valence-electron chi connectivity index (χ3n) is 12.1. The Hall–Kier alpha value is -2.99. The third-order valence-corrected chi connectivity index (χ3v) is 14.2. The Kier molecular flexibility index (Phi) is 10.1. The third kappa shape index (κ3) is 7.27. The molecule has 1 spiro atoms. The fraction of sp³-hybridized carbons (Fsp3) is 0.575. The zero-order chi connectivity index (χ0) is 34.2. The van der Waals surface area contributed by atoms with Crippen LogP contribution in [0.25, 0.3) is 0 Å². The Labute approximate surface area is 297 Å². The molecule has 2 aliphatic carbocycles. The first-order chi connectivity index (χ1) is 23.6. The van der Waals surface area contributed by atoms with Crippen LogP contribution in [0.5, 0.6) is 5.75 Å². The molecule has 0 aromatic heterocycles. The fourth-order valence-electron chi connectivity index (χ4n) is 8.62. The first-order valence-corrected chi connectivity index (χ1v) is 20.1. The molecule has 3 aliphatic heterocycles. The number of amides is 1. The molecule has 2 aromatic carbocycles. The molecule has 1 saturated heterocycles. The molecule has 3 heterocycles. The number of carbonyl (C=O) groups excluding carboxylic acids is 1. The van der Waals surface area contributed by atoms with Crippen molar-refractivity contribution in [2.75, 3.05) is 37.8 Å². The van der Waals surface area contributed by atoms with Crippen molar-refractivity contribution in [3.8, 4) is 17.6 Å². The van der Waals surface area contributed by atoms with Crippen LogP contribution in [0.4, 0.5) is 5.69 Å². The molecule has 9 heteroatoms. The maximum Gasteiger partial charge on any atom is 0.264 e. The maximum absolute atomic E-state index is 13.5. The monoisotopic (exact) mass is 704 g/mol. The maximum atomic E-state index is 13.5. The summed E-state index contributed by atoms with van der Waals surface area (Å²) in [5.41, 5.74) is 3.50. The summed E-state index contributed by atoms with van der Waals surface area (Å²) < 4.78 is 41.5. The Morgan fingerprint density at radius 2 is 1.92 bits per heavy atom. The van der Waals surface area contributed by atoms with E-state index in [1.165, 1.54) is 11.1 Å². The quantitative estimate of drug-likeness (QED) is 0.248. The summed E-state index contributed by atoms with van der Waals surface area (Å²) in [5.74, 6) is 8.72. The van der Waals surface area contributed by atoms with Gasteiger partial charge in [-0.3, -0.25) is 4.79 Å². The highest BCUT2D eigenvalue weighted by Crippen LogP contribution is 2.47. The number of allylic oxidation sites excluding steroid dienone is 2. The highest BCUT2D eigenvalue weighted by atomic mass is 35.5. The average molecular weight is 705 g/mol. The van der Waals surface area contributed by atoms with Crippen molar-refractivity contribution in [1.82, 2.24) is 4.72 Å². The van der Waals surface area contributed by atoms with Gasteiger partial charge in [0.1, 0.15) is 5.75 Å². The Morgan fingerprint density at radius 3 is 2.71 bits per heavy atom. The summed E-state index contributed by atoms with van der Waals surface area (Å²) in [6.45, 7) is 7.34. The van der Waals surface area contributed by atoms with E-state index in [4.69, 9.17) is 21.1 Å². The molecule has 6 atom stereocenters. The lowest BCUT2D eigenvalue weighted by molar-refractivity contribution is 0.0678. The predicted molar refractivity (Wildman–Crippen MR) is 195 cm³/mol. The van der Waals surface area contributed by atoms with Gasteiger partial charge >= 0.3 is 0 Å². The zero-order valence-corrected chi connectivity index (χ0v) is 30.3. The molecule has 1 N–H and O–H groups in total. The Morgan fingerprint density at radius 1 is 1.08 bits per heavy atom. The number of hydrogen-bond donors (Lipinski definition) is 1. The van der Waals surface area contributed by atoms with Crippen LogP contribution in [0.3, 0.4) is 0 Å². The first kappa shape index (κ1) is 34.5. The summed E-state index contributed by atoms with van der Waals surface area (Å²) in [6.07, 6.45) is 13.3. The highest BCUT2D eigenvalue weighted by molar-refractivity contribution is 7.90. The minimum absolute atomic E-state index is 0.103. The summed E-state index contributed by atoms with van der Waals surface area (Å²) in [5, 5.41) is 0.00574. The number of benzene rings is 2. The molecule has 2 bridgehead atoms. The van der Waals surface area contributed by atoms with Gasteiger partial charge in [0.15, 0.2) is 0 Å². The Bertz CT molecular complexity index is 1760. The molecule has 7 nitrogen and oxygen atoms in total. The molecular weight excluding hydrogens is 656 g/mol. The zero-order valence-electron chi connectivity index (χ0n) is 28.8. The van der Waals surface area contributed by atoms with Gasteiger partial charge in [-0.15, -0.1) is 5.92 Å². The van der Waals surface area contributed by atoms with Crippen molar-refractivity contribution in [3.63, 3.8) is 0 Å². The molecule has 7 rings (SSSR count). The lowest BCUT2D eigenvalue weighted by Crippen LogP contribution is -2.49. The standard InChI is InChI=1S/C40H49ClN2O5S/c1-27-6-3-8-30(9-4-7-29-17-20-47-21-18-29)35-14-11-33(35)24-43-25-40(19-5-10-31-22-34(41)13-15-36(31)40)26-48-38-16-12-32(23-37(38)43)39(44)42-49(45,46)28(27)2/h3,8,12-13,15-16,22-23,27-30,33,35H,5-7,10-11,14,17-21,24-26H2,1-2H3,(H,42,44)/b8-3+/t27-,28+,30+,33-,35-,40-/m0/s1. The number of aryl methyl sites for hydroxylation is 1. The molecule has 2 aromatic rings. The number of carbonyl (C=O) groups is 1. The number of halogens is 1. The summed E-state index contributed by atoms with van der Waals surface area (Å²) in [6, 6.07) is 11.6. The van der Waals surface area contributed by atoms with Crippen LogP contribution < -0.4 is 14.4 Å². The van der Waals surface area contributed by atoms with E-state index in [2.05, 4.69) is 45.7 Å².